The quantitative estimate of drug-likeness (QED) is 0.680. The minimum absolute atomic E-state index is 0.0355. The molecule has 0 aliphatic carbocycles. The molecule has 0 aliphatic rings. The van der Waals surface area contributed by atoms with E-state index < -0.39 is 0 Å². The summed E-state index contributed by atoms with van der Waals surface area (Å²) in [6.45, 7) is 0.362. The molecule has 0 radical (unpaired) electrons. The smallest absolute Gasteiger partial charge is 0.180 e. The first-order chi connectivity index (χ1) is 8.78. The molecule has 7 heteroatoms. The van der Waals surface area contributed by atoms with Crippen molar-refractivity contribution in [1.82, 2.24) is 14.4 Å². The Hall–Kier alpha value is -1.86. The van der Waals surface area contributed by atoms with Crippen LogP contribution in [-0.2, 0) is 4.74 Å². The first kappa shape index (κ1) is 12.6. The van der Waals surface area contributed by atoms with E-state index in [1.807, 2.05) is 16.8 Å². The van der Waals surface area contributed by atoms with Gasteiger partial charge in [0, 0.05) is 26.6 Å². The van der Waals surface area contributed by atoms with E-state index in [-0.39, 0.29) is 12.6 Å². The van der Waals surface area contributed by atoms with Crippen molar-refractivity contribution in [3.63, 3.8) is 0 Å². The Balaban J connectivity index is 2.32. The SMILES string of the molecule is CNc1cn2ccnc2c(NC(CO)COC)n1. The van der Waals surface area contributed by atoms with Crippen LogP contribution in [0.25, 0.3) is 5.65 Å². The summed E-state index contributed by atoms with van der Waals surface area (Å²) in [6, 6.07) is -0.213. The van der Waals surface area contributed by atoms with Crippen molar-refractivity contribution in [3.05, 3.63) is 18.6 Å². The standard InChI is InChI=1S/C11H17N5O2/c1-12-9-5-16-4-3-13-11(16)10(15-9)14-8(6-17)7-18-2/h3-5,8,12,17H,6-7H2,1-2H3,(H,14,15). The molecule has 3 N–H and O–H groups in total. The lowest BCUT2D eigenvalue weighted by atomic mass is 10.3. The Bertz CT molecular complexity index is 513. The zero-order chi connectivity index (χ0) is 13.0. The summed E-state index contributed by atoms with van der Waals surface area (Å²) in [5, 5.41) is 15.4. The molecule has 2 aromatic heterocycles. The lowest BCUT2D eigenvalue weighted by molar-refractivity contribution is 0.153. The lowest BCUT2D eigenvalue weighted by Gasteiger charge is -2.16. The van der Waals surface area contributed by atoms with E-state index in [2.05, 4.69) is 20.6 Å². The fraction of sp³-hybridized carbons (Fsp3) is 0.455. The highest BCUT2D eigenvalue weighted by Gasteiger charge is 2.12. The molecule has 98 valence electrons. The summed E-state index contributed by atoms with van der Waals surface area (Å²) in [4.78, 5) is 8.62. The highest BCUT2D eigenvalue weighted by atomic mass is 16.5. The molecular formula is C11H17N5O2. The molecule has 0 saturated carbocycles. The summed E-state index contributed by atoms with van der Waals surface area (Å²) in [5.41, 5.74) is 0.712. The zero-order valence-corrected chi connectivity index (χ0v) is 10.4. The van der Waals surface area contributed by atoms with E-state index in [1.54, 1.807) is 20.4 Å². The van der Waals surface area contributed by atoms with Gasteiger partial charge in [0.2, 0.25) is 0 Å². The fourth-order valence-electron chi connectivity index (χ4n) is 1.68. The van der Waals surface area contributed by atoms with Crippen LogP contribution < -0.4 is 10.6 Å². The minimum Gasteiger partial charge on any atom is -0.394 e. The number of ether oxygens (including phenoxy) is 1. The molecular weight excluding hydrogens is 234 g/mol. The molecule has 0 aliphatic heterocycles. The third-order valence-corrected chi connectivity index (χ3v) is 2.56. The number of aromatic nitrogens is 3. The number of aliphatic hydroxyl groups is 1. The van der Waals surface area contributed by atoms with Crippen LogP contribution in [0.2, 0.25) is 0 Å². The van der Waals surface area contributed by atoms with Gasteiger partial charge in [0.25, 0.3) is 0 Å². The van der Waals surface area contributed by atoms with E-state index in [4.69, 9.17) is 4.74 Å². The van der Waals surface area contributed by atoms with E-state index in [0.29, 0.717) is 18.1 Å². The molecule has 0 aromatic carbocycles. The number of rotatable bonds is 6. The molecule has 0 fully saturated rings. The average Bonchev–Trinajstić information content (AvgIpc) is 2.86. The van der Waals surface area contributed by atoms with Gasteiger partial charge < -0.3 is 24.9 Å². The number of imidazole rings is 1. The van der Waals surface area contributed by atoms with Crippen molar-refractivity contribution in [1.29, 1.82) is 0 Å². The second kappa shape index (κ2) is 5.65. The second-order valence-corrected chi connectivity index (χ2v) is 3.86. The number of methoxy groups -OCH3 is 1. The highest BCUT2D eigenvalue weighted by Crippen LogP contribution is 2.16. The molecule has 18 heavy (non-hydrogen) atoms. The predicted molar refractivity (Wildman–Crippen MR) is 68.9 cm³/mol. The van der Waals surface area contributed by atoms with E-state index in [0.717, 1.165) is 5.82 Å². The van der Waals surface area contributed by atoms with E-state index >= 15 is 0 Å². The van der Waals surface area contributed by atoms with Crippen molar-refractivity contribution in [2.75, 3.05) is 38.0 Å². The monoisotopic (exact) mass is 251 g/mol. The maximum absolute atomic E-state index is 9.25. The maximum Gasteiger partial charge on any atom is 0.180 e. The summed E-state index contributed by atoms with van der Waals surface area (Å²) in [6.07, 6.45) is 5.39. The van der Waals surface area contributed by atoms with Gasteiger partial charge in [0.05, 0.1) is 25.5 Å². The number of hydrogen-bond acceptors (Lipinski definition) is 6. The van der Waals surface area contributed by atoms with Crippen LogP contribution in [0.15, 0.2) is 18.6 Å². The molecule has 2 rings (SSSR count). The number of nitrogens with zero attached hydrogens (tertiary/aromatic N) is 3. The van der Waals surface area contributed by atoms with Gasteiger partial charge in [-0.2, -0.15) is 0 Å². The highest BCUT2D eigenvalue weighted by molar-refractivity contribution is 5.65. The number of anilines is 2. The second-order valence-electron chi connectivity index (χ2n) is 3.86. The summed E-state index contributed by atoms with van der Waals surface area (Å²) >= 11 is 0. The third-order valence-electron chi connectivity index (χ3n) is 2.56. The van der Waals surface area contributed by atoms with Crippen LogP contribution in [0.5, 0.6) is 0 Å². The van der Waals surface area contributed by atoms with Gasteiger partial charge in [-0.1, -0.05) is 0 Å². The summed E-state index contributed by atoms with van der Waals surface area (Å²) < 4.78 is 6.89. The van der Waals surface area contributed by atoms with Gasteiger partial charge in [-0.05, 0) is 0 Å². The third kappa shape index (κ3) is 2.52. The number of aliphatic hydroxyl groups excluding tert-OH is 1. The Labute approximate surface area is 105 Å². The first-order valence-corrected chi connectivity index (χ1v) is 5.66. The van der Waals surface area contributed by atoms with Crippen LogP contribution in [0.3, 0.4) is 0 Å². The van der Waals surface area contributed by atoms with E-state index in [9.17, 15) is 5.11 Å². The van der Waals surface area contributed by atoms with E-state index in [1.165, 1.54) is 0 Å². The van der Waals surface area contributed by atoms with Gasteiger partial charge in [-0.3, -0.25) is 0 Å². The fourth-order valence-corrected chi connectivity index (χ4v) is 1.68. The van der Waals surface area contributed by atoms with Crippen LogP contribution >= 0.6 is 0 Å². The molecule has 0 saturated heterocycles. The molecule has 0 amide bonds. The molecule has 0 bridgehead atoms. The molecule has 2 aromatic rings. The van der Waals surface area contributed by atoms with Crippen LogP contribution in [0.1, 0.15) is 0 Å². The Morgan fingerprint density at radius 2 is 2.39 bits per heavy atom. The van der Waals surface area contributed by atoms with Gasteiger partial charge >= 0.3 is 0 Å². The van der Waals surface area contributed by atoms with Gasteiger partial charge in [-0.15, -0.1) is 0 Å². The lowest BCUT2D eigenvalue weighted by Crippen LogP contribution is -2.29. The van der Waals surface area contributed by atoms with Crippen LogP contribution in [-0.4, -0.2) is 52.9 Å². The first-order valence-electron chi connectivity index (χ1n) is 5.66. The minimum atomic E-state index is -0.213. The number of nitrogens with one attached hydrogen (secondary N) is 2. The normalized spacial score (nSPS) is 12.6. The number of hydrogen-bond donors (Lipinski definition) is 3. The molecule has 1 unspecified atom stereocenters. The van der Waals surface area contributed by atoms with Crippen molar-refractivity contribution in [2.24, 2.45) is 0 Å². The molecule has 2 heterocycles. The Morgan fingerprint density at radius 3 is 3.06 bits per heavy atom. The van der Waals surface area contributed by atoms with Gasteiger partial charge in [0.1, 0.15) is 5.82 Å². The Morgan fingerprint density at radius 1 is 1.56 bits per heavy atom. The van der Waals surface area contributed by atoms with Crippen molar-refractivity contribution < 1.29 is 9.84 Å². The van der Waals surface area contributed by atoms with Crippen LogP contribution in [0.4, 0.5) is 11.6 Å². The molecule has 1 atom stereocenters. The van der Waals surface area contributed by atoms with Crippen molar-refractivity contribution >= 4 is 17.3 Å². The molecule has 0 spiro atoms. The summed E-state index contributed by atoms with van der Waals surface area (Å²) in [7, 11) is 3.39. The topological polar surface area (TPSA) is 83.7 Å². The zero-order valence-electron chi connectivity index (χ0n) is 10.4. The van der Waals surface area contributed by atoms with Gasteiger partial charge in [-0.25, -0.2) is 9.97 Å². The Kier molecular flexibility index (Phi) is 3.96. The summed E-state index contributed by atoms with van der Waals surface area (Å²) in [5.74, 6) is 1.33. The average molecular weight is 251 g/mol. The largest absolute Gasteiger partial charge is 0.394 e. The predicted octanol–water partition coefficient (Wildman–Crippen LogP) is 0.190. The van der Waals surface area contributed by atoms with Crippen molar-refractivity contribution in [3.8, 4) is 0 Å². The van der Waals surface area contributed by atoms with Crippen molar-refractivity contribution in [2.45, 2.75) is 6.04 Å². The molecule has 7 nitrogen and oxygen atoms in total. The van der Waals surface area contributed by atoms with Gasteiger partial charge in [0.15, 0.2) is 11.5 Å². The maximum atomic E-state index is 9.25. The van der Waals surface area contributed by atoms with Crippen LogP contribution in [0, 0.1) is 0 Å². The number of fused-ring (bicyclic) bond motifs is 1.